The summed E-state index contributed by atoms with van der Waals surface area (Å²) in [6.07, 6.45) is 4.48. The molecular weight excluding hydrogens is 539 g/mol. The summed E-state index contributed by atoms with van der Waals surface area (Å²) < 4.78 is 54.1. The number of hydrogen-bond acceptors (Lipinski definition) is 8. The van der Waals surface area contributed by atoms with Crippen LogP contribution >= 0.6 is 0 Å². The zero-order chi connectivity index (χ0) is 29.6. The summed E-state index contributed by atoms with van der Waals surface area (Å²) in [6, 6.07) is 4.02. The summed E-state index contributed by atoms with van der Waals surface area (Å²) in [5, 5.41) is 10.1. The third-order valence-corrected chi connectivity index (χ3v) is 7.25. The number of hydrogen-bond donors (Lipinski definition) is 1. The first-order valence-electron chi connectivity index (χ1n) is 13.1. The molecule has 0 aliphatic carbocycles. The molecule has 0 spiro atoms. The molecule has 12 heteroatoms. The lowest BCUT2D eigenvalue weighted by atomic mass is 9.93. The van der Waals surface area contributed by atoms with E-state index >= 15 is 4.39 Å². The molecule has 2 bridgehead atoms. The average molecular weight is 570 g/mol. The van der Waals surface area contributed by atoms with Gasteiger partial charge in [-0.1, -0.05) is 12.6 Å². The lowest BCUT2D eigenvalue weighted by Gasteiger charge is -2.36. The van der Waals surface area contributed by atoms with Crippen LogP contribution in [0, 0.1) is 6.92 Å². The van der Waals surface area contributed by atoms with Crippen molar-refractivity contribution in [2.75, 3.05) is 18.1 Å². The molecule has 0 saturated carbocycles. The number of ether oxygens (including phenoxy) is 2. The van der Waals surface area contributed by atoms with Crippen LogP contribution in [0.4, 0.5) is 18.9 Å². The van der Waals surface area contributed by atoms with Crippen molar-refractivity contribution in [2.24, 2.45) is 0 Å². The molecule has 0 fully saturated rings. The van der Waals surface area contributed by atoms with Crippen molar-refractivity contribution in [1.29, 1.82) is 0 Å². The SMILES string of the molecule is C=C(/C(F)=C\c1nc2n(c1C)[C@@H]1C[C@H]2N(CC(=O)OCC)c2cccc(OC(F)F)c21)c1cnc(C(C)(C)O)nc1. The van der Waals surface area contributed by atoms with Gasteiger partial charge in [0.1, 0.15) is 29.5 Å². The van der Waals surface area contributed by atoms with Crippen molar-refractivity contribution in [3.63, 3.8) is 0 Å². The number of nitrogens with zero attached hydrogens (tertiary/aromatic N) is 5. The Balaban J connectivity index is 1.54. The molecule has 2 aromatic heterocycles. The fourth-order valence-electron chi connectivity index (χ4n) is 5.42. The predicted octanol–water partition coefficient (Wildman–Crippen LogP) is 5.25. The van der Waals surface area contributed by atoms with E-state index < -0.39 is 30.1 Å². The number of fused-ring (bicyclic) bond motifs is 7. The number of anilines is 1. The quantitative estimate of drug-likeness (QED) is 0.275. The molecule has 1 N–H and O–H groups in total. The lowest BCUT2D eigenvalue weighted by molar-refractivity contribution is -0.141. The first kappa shape index (κ1) is 28.3. The van der Waals surface area contributed by atoms with Crippen LogP contribution in [-0.2, 0) is 15.1 Å². The van der Waals surface area contributed by atoms with Crippen LogP contribution in [0.5, 0.6) is 5.75 Å². The number of alkyl halides is 2. The minimum absolute atomic E-state index is 0.00177. The highest BCUT2D eigenvalue weighted by Crippen LogP contribution is 2.54. The lowest BCUT2D eigenvalue weighted by Crippen LogP contribution is -2.37. The third kappa shape index (κ3) is 5.19. The highest BCUT2D eigenvalue weighted by atomic mass is 19.3. The van der Waals surface area contributed by atoms with Gasteiger partial charge < -0.3 is 24.0 Å². The summed E-state index contributed by atoms with van der Waals surface area (Å²) in [7, 11) is 0. The van der Waals surface area contributed by atoms with Crippen molar-refractivity contribution in [1.82, 2.24) is 19.5 Å². The monoisotopic (exact) mass is 569 g/mol. The van der Waals surface area contributed by atoms with E-state index in [0.717, 1.165) is 0 Å². The van der Waals surface area contributed by atoms with Gasteiger partial charge in [-0.15, -0.1) is 0 Å². The second-order valence-corrected chi connectivity index (χ2v) is 10.4. The van der Waals surface area contributed by atoms with Crippen LogP contribution in [0.3, 0.4) is 0 Å². The molecule has 2 aliphatic heterocycles. The minimum atomic E-state index is -3.04. The van der Waals surface area contributed by atoms with Gasteiger partial charge >= 0.3 is 12.6 Å². The average Bonchev–Trinajstić information content (AvgIpc) is 3.40. The molecule has 0 unspecified atom stereocenters. The molecule has 0 radical (unpaired) electrons. The topological polar surface area (TPSA) is 103 Å². The Labute approximate surface area is 235 Å². The van der Waals surface area contributed by atoms with Gasteiger partial charge in [-0.05, 0) is 39.8 Å². The van der Waals surface area contributed by atoms with E-state index in [-0.39, 0.29) is 36.3 Å². The molecule has 2 atom stereocenters. The first-order valence-corrected chi connectivity index (χ1v) is 13.1. The number of benzene rings is 1. The van der Waals surface area contributed by atoms with Crippen LogP contribution in [0.2, 0.25) is 0 Å². The highest BCUT2D eigenvalue weighted by molar-refractivity contribution is 5.81. The second kappa shape index (κ2) is 10.7. The van der Waals surface area contributed by atoms with Gasteiger partial charge in [0.15, 0.2) is 5.82 Å². The summed E-state index contributed by atoms with van der Waals surface area (Å²) >= 11 is 0. The normalized spacial score (nSPS) is 17.9. The number of esters is 1. The van der Waals surface area contributed by atoms with Gasteiger partial charge in [-0.2, -0.15) is 8.78 Å². The van der Waals surface area contributed by atoms with Crippen LogP contribution in [0.1, 0.15) is 73.4 Å². The molecule has 41 heavy (non-hydrogen) atoms. The fraction of sp³-hybridized carbons (Fsp3) is 0.379. The van der Waals surface area contributed by atoms with Crippen LogP contribution in [0.15, 0.2) is 43.0 Å². The van der Waals surface area contributed by atoms with Crippen molar-refractivity contribution < 1.29 is 32.5 Å². The van der Waals surface area contributed by atoms with Crippen LogP contribution in [0.25, 0.3) is 11.6 Å². The van der Waals surface area contributed by atoms with Crippen molar-refractivity contribution in [3.05, 3.63) is 77.2 Å². The van der Waals surface area contributed by atoms with Crippen molar-refractivity contribution in [2.45, 2.75) is 58.4 Å². The standard InChI is InChI=1S/C29H30F3N5O4/c1-6-40-24(38)14-36-20-8-7-9-23(41-28(31)32)25(20)21-11-22(36)26-35-19(16(3)37(21)26)10-18(30)15(2)17-12-33-27(34-13-17)29(4,5)39/h7-10,12-13,21-22,28,39H,2,6,11,14H2,1,3-5H3/b18-10+/t21-,22-/m1/s1. The third-order valence-electron chi connectivity index (χ3n) is 7.25. The molecule has 0 amide bonds. The minimum Gasteiger partial charge on any atom is -0.465 e. The van der Waals surface area contributed by atoms with E-state index in [1.807, 2.05) is 4.57 Å². The largest absolute Gasteiger partial charge is 0.465 e. The molecule has 5 rings (SSSR count). The van der Waals surface area contributed by atoms with Gasteiger partial charge in [-0.3, -0.25) is 4.79 Å². The van der Waals surface area contributed by atoms with E-state index in [1.165, 1.54) is 24.5 Å². The number of carbonyl (C=O) groups is 1. The van der Waals surface area contributed by atoms with Gasteiger partial charge in [0.25, 0.3) is 0 Å². The van der Waals surface area contributed by atoms with Gasteiger partial charge in [0.05, 0.1) is 24.4 Å². The number of halogens is 3. The van der Waals surface area contributed by atoms with Gasteiger partial charge in [0, 0.05) is 53.0 Å². The van der Waals surface area contributed by atoms with E-state index in [0.29, 0.717) is 40.4 Å². The van der Waals surface area contributed by atoms with E-state index in [9.17, 15) is 18.7 Å². The fourth-order valence-corrected chi connectivity index (χ4v) is 5.42. The molecule has 9 nitrogen and oxygen atoms in total. The maximum atomic E-state index is 15.4. The van der Waals surface area contributed by atoms with Crippen molar-refractivity contribution in [3.8, 4) is 5.75 Å². The van der Waals surface area contributed by atoms with E-state index in [1.54, 1.807) is 44.7 Å². The summed E-state index contributed by atoms with van der Waals surface area (Å²) in [4.78, 5) is 27.3. The maximum absolute atomic E-state index is 15.4. The number of rotatable bonds is 9. The Morgan fingerprint density at radius 2 is 1.98 bits per heavy atom. The Bertz CT molecular complexity index is 1530. The number of carbonyl (C=O) groups excluding carboxylic acids is 1. The smallest absolute Gasteiger partial charge is 0.387 e. The Hall–Kier alpha value is -4.19. The first-order chi connectivity index (χ1) is 19.4. The van der Waals surface area contributed by atoms with E-state index in [4.69, 9.17) is 14.5 Å². The van der Waals surface area contributed by atoms with Crippen LogP contribution < -0.4 is 9.64 Å². The molecular formula is C29H30F3N5O4. The summed E-state index contributed by atoms with van der Waals surface area (Å²) in [5.41, 5.74) is 1.12. The Kier molecular flexibility index (Phi) is 7.37. The molecule has 2 aliphatic rings. The second-order valence-electron chi connectivity index (χ2n) is 10.4. The number of aliphatic hydroxyl groups is 1. The number of aromatic nitrogens is 4. The summed E-state index contributed by atoms with van der Waals surface area (Å²) in [6.45, 7) is 7.41. The van der Waals surface area contributed by atoms with Crippen molar-refractivity contribution >= 4 is 23.3 Å². The Morgan fingerprint density at radius 1 is 1.27 bits per heavy atom. The zero-order valence-electron chi connectivity index (χ0n) is 23.1. The van der Waals surface area contributed by atoms with Gasteiger partial charge in [-0.25, -0.2) is 19.3 Å². The van der Waals surface area contributed by atoms with E-state index in [2.05, 4.69) is 16.5 Å². The predicted molar refractivity (Wildman–Crippen MR) is 145 cm³/mol. The van der Waals surface area contributed by atoms with Gasteiger partial charge in [0.2, 0.25) is 0 Å². The highest BCUT2D eigenvalue weighted by Gasteiger charge is 2.46. The molecule has 4 heterocycles. The molecule has 0 saturated heterocycles. The van der Waals surface area contributed by atoms with Crippen LogP contribution in [-0.4, -0.2) is 50.4 Å². The molecule has 1 aromatic carbocycles. The molecule has 216 valence electrons. The number of imidazole rings is 1. The maximum Gasteiger partial charge on any atom is 0.387 e. The zero-order valence-corrected chi connectivity index (χ0v) is 23.1. The number of allylic oxidation sites excluding steroid dienone is 2. The summed E-state index contributed by atoms with van der Waals surface area (Å²) in [5.74, 6) is -0.381. The Morgan fingerprint density at radius 3 is 2.61 bits per heavy atom. The molecule has 3 aromatic rings.